The summed E-state index contributed by atoms with van der Waals surface area (Å²) in [5.74, 6) is -0.314. The van der Waals surface area contributed by atoms with Gasteiger partial charge in [0.15, 0.2) is 0 Å². The molecule has 184 valence electrons. The molecule has 2 aromatic carbocycles. The Morgan fingerprint density at radius 1 is 0.912 bits per heavy atom. The summed E-state index contributed by atoms with van der Waals surface area (Å²) in [5.41, 5.74) is 8.74. The predicted octanol–water partition coefficient (Wildman–Crippen LogP) is 9.05. The first-order valence-corrected chi connectivity index (χ1v) is 13.2. The number of allylic oxidation sites excluding steroid dienone is 1. The molecule has 1 atom stereocenters. The number of fused-ring (bicyclic) bond motifs is 1. The van der Waals surface area contributed by atoms with E-state index in [0.717, 1.165) is 12.0 Å². The Labute approximate surface area is 207 Å². The molecule has 0 fully saturated rings. The highest BCUT2D eigenvalue weighted by atomic mass is 16.4. The van der Waals surface area contributed by atoms with Gasteiger partial charge in [-0.05, 0) is 82.0 Å². The van der Waals surface area contributed by atoms with Crippen molar-refractivity contribution in [1.29, 1.82) is 0 Å². The molecule has 1 aliphatic carbocycles. The van der Waals surface area contributed by atoms with Crippen LogP contribution >= 0.6 is 0 Å². The monoisotopic (exact) mass is 460 g/mol. The number of rotatable bonds is 10. The molecule has 2 aromatic rings. The van der Waals surface area contributed by atoms with Gasteiger partial charge in [-0.3, -0.25) is 0 Å². The fourth-order valence-corrected chi connectivity index (χ4v) is 5.80. The van der Waals surface area contributed by atoms with Gasteiger partial charge in [0.05, 0.1) is 5.56 Å². The van der Waals surface area contributed by atoms with Crippen molar-refractivity contribution >= 4 is 17.6 Å². The number of carbonyl (C=O) groups is 1. The lowest BCUT2D eigenvalue weighted by atomic mass is 9.71. The zero-order valence-corrected chi connectivity index (χ0v) is 22.4. The number of carboxylic acids is 1. The molecule has 3 rings (SSSR count). The molecule has 34 heavy (non-hydrogen) atoms. The summed E-state index contributed by atoms with van der Waals surface area (Å²) < 4.78 is 0. The highest BCUT2D eigenvalue weighted by molar-refractivity contribution is 5.88. The average molecular weight is 461 g/mol. The number of hydrogen-bond acceptors (Lipinski definition) is 1. The normalized spacial score (nSPS) is 18.7. The molecule has 1 unspecified atom stereocenters. The molecule has 0 saturated carbocycles. The lowest BCUT2D eigenvalue weighted by Gasteiger charge is -2.32. The summed E-state index contributed by atoms with van der Waals surface area (Å²) in [6, 6.07) is 12.2. The second-order valence-corrected chi connectivity index (χ2v) is 11.5. The fraction of sp³-hybridized carbons (Fsp3) is 0.531. The number of unbranched alkanes of at least 4 members (excludes halogenated alkanes) is 5. The van der Waals surface area contributed by atoms with E-state index in [2.05, 4.69) is 66.7 Å². The van der Waals surface area contributed by atoms with Crippen molar-refractivity contribution in [3.05, 3.63) is 69.8 Å². The Kier molecular flexibility index (Phi) is 8.11. The molecule has 0 bridgehead atoms. The Morgan fingerprint density at radius 2 is 1.47 bits per heavy atom. The van der Waals surface area contributed by atoms with Crippen molar-refractivity contribution in [2.45, 2.75) is 104 Å². The van der Waals surface area contributed by atoms with Crippen LogP contribution in [0.25, 0.3) is 11.6 Å². The largest absolute Gasteiger partial charge is 0.478 e. The van der Waals surface area contributed by atoms with E-state index in [1.54, 1.807) is 12.1 Å². The van der Waals surface area contributed by atoms with E-state index < -0.39 is 5.97 Å². The maximum Gasteiger partial charge on any atom is 0.335 e. The zero-order chi connectivity index (χ0) is 25.1. The summed E-state index contributed by atoms with van der Waals surface area (Å²) in [4.78, 5) is 11.2. The van der Waals surface area contributed by atoms with Crippen LogP contribution in [0.15, 0.2) is 36.4 Å². The van der Waals surface area contributed by atoms with Crippen molar-refractivity contribution in [1.82, 2.24) is 0 Å². The van der Waals surface area contributed by atoms with Crippen molar-refractivity contribution in [3.8, 4) is 0 Å². The number of benzene rings is 2. The van der Waals surface area contributed by atoms with E-state index in [9.17, 15) is 9.90 Å². The zero-order valence-electron chi connectivity index (χ0n) is 22.4. The molecule has 0 amide bonds. The third kappa shape index (κ3) is 5.32. The van der Waals surface area contributed by atoms with Crippen LogP contribution in [0, 0.1) is 5.92 Å². The van der Waals surface area contributed by atoms with Gasteiger partial charge in [0, 0.05) is 0 Å². The molecular weight excluding hydrogens is 416 g/mol. The summed E-state index contributed by atoms with van der Waals surface area (Å²) >= 11 is 0. The number of aryl methyl sites for hydroxylation is 1. The molecule has 1 aliphatic rings. The second kappa shape index (κ2) is 10.5. The minimum absolute atomic E-state index is 0.135. The van der Waals surface area contributed by atoms with Gasteiger partial charge in [-0.15, -0.1) is 0 Å². The van der Waals surface area contributed by atoms with Crippen LogP contribution in [0.2, 0.25) is 0 Å². The first kappa shape index (κ1) is 26.3. The summed E-state index contributed by atoms with van der Waals surface area (Å²) in [5, 5.41) is 9.21. The van der Waals surface area contributed by atoms with Gasteiger partial charge in [0.1, 0.15) is 0 Å². The first-order valence-electron chi connectivity index (χ1n) is 13.2. The van der Waals surface area contributed by atoms with Crippen molar-refractivity contribution in [2.75, 3.05) is 0 Å². The molecule has 0 heterocycles. The summed E-state index contributed by atoms with van der Waals surface area (Å²) in [6.45, 7) is 16.5. The minimum atomic E-state index is -0.883. The standard InChI is InChI=1S/C32H44O2/c1-8-9-10-11-12-13-14-26-20-28-29(32(6,7)23(3)31(28,4)5)21-27(26)22(2)19-24-15-17-25(18-16-24)30(33)34/h15-21,23H,8-14H2,1-7H3,(H,33,34)/b22-19+. The van der Waals surface area contributed by atoms with Gasteiger partial charge in [-0.2, -0.15) is 0 Å². The molecule has 0 radical (unpaired) electrons. The van der Waals surface area contributed by atoms with Crippen LogP contribution in [-0.4, -0.2) is 11.1 Å². The van der Waals surface area contributed by atoms with E-state index in [1.165, 1.54) is 66.4 Å². The topological polar surface area (TPSA) is 37.3 Å². The third-order valence-electron chi connectivity index (χ3n) is 8.56. The van der Waals surface area contributed by atoms with Gasteiger partial charge >= 0.3 is 5.97 Å². The van der Waals surface area contributed by atoms with Crippen LogP contribution in [0.3, 0.4) is 0 Å². The van der Waals surface area contributed by atoms with Crippen LogP contribution in [0.5, 0.6) is 0 Å². The molecule has 1 N–H and O–H groups in total. The van der Waals surface area contributed by atoms with Crippen LogP contribution in [0.1, 0.15) is 125 Å². The lowest BCUT2D eigenvalue weighted by Crippen LogP contribution is -2.30. The van der Waals surface area contributed by atoms with Gasteiger partial charge in [-0.1, -0.05) is 104 Å². The third-order valence-corrected chi connectivity index (χ3v) is 8.56. The second-order valence-electron chi connectivity index (χ2n) is 11.5. The fourth-order valence-electron chi connectivity index (χ4n) is 5.80. The Morgan fingerprint density at radius 3 is 2.06 bits per heavy atom. The summed E-state index contributed by atoms with van der Waals surface area (Å²) in [6.07, 6.45) is 11.1. The molecule has 2 nitrogen and oxygen atoms in total. The number of aromatic carboxylic acids is 1. The maximum atomic E-state index is 11.2. The van der Waals surface area contributed by atoms with E-state index in [4.69, 9.17) is 0 Å². The Bertz CT molecular complexity index is 1040. The van der Waals surface area contributed by atoms with Gasteiger partial charge < -0.3 is 5.11 Å². The lowest BCUT2D eigenvalue weighted by molar-refractivity contribution is 0.0697. The van der Waals surface area contributed by atoms with E-state index in [0.29, 0.717) is 11.5 Å². The predicted molar refractivity (Wildman–Crippen MR) is 146 cm³/mol. The van der Waals surface area contributed by atoms with Crippen LogP contribution < -0.4 is 0 Å². The minimum Gasteiger partial charge on any atom is -0.478 e. The van der Waals surface area contributed by atoms with E-state index >= 15 is 0 Å². The molecule has 0 aromatic heterocycles. The molecule has 0 aliphatic heterocycles. The molecule has 0 spiro atoms. The Balaban J connectivity index is 1.98. The highest BCUT2D eigenvalue weighted by Gasteiger charge is 2.48. The van der Waals surface area contributed by atoms with E-state index in [1.807, 2.05) is 12.1 Å². The van der Waals surface area contributed by atoms with Crippen molar-refractivity contribution in [2.24, 2.45) is 5.92 Å². The van der Waals surface area contributed by atoms with Gasteiger partial charge in [0.2, 0.25) is 0 Å². The van der Waals surface area contributed by atoms with Gasteiger partial charge in [-0.25, -0.2) is 4.79 Å². The molecule has 2 heteroatoms. The highest BCUT2D eigenvalue weighted by Crippen LogP contribution is 2.54. The van der Waals surface area contributed by atoms with Crippen LogP contribution in [0.4, 0.5) is 0 Å². The SMILES string of the molecule is CCCCCCCCc1cc2c(cc1/C(C)=C/c1ccc(C(=O)O)cc1)C(C)(C)C(C)C2(C)C. The summed E-state index contributed by atoms with van der Waals surface area (Å²) in [7, 11) is 0. The average Bonchev–Trinajstić information content (AvgIpc) is 2.92. The van der Waals surface area contributed by atoms with Crippen molar-refractivity contribution < 1.29 is 9.90 Å². The molecule has 0 saturated heterocycles. The van der Waals surface area contributed by atoms with Crippen LogP contribution in [-0.2, 0) is 17.3 Å². The first-order chi connectivity index (χ1) is 16.0. The smallest absolute Gasteiger partial charge is 0.335 e. The quantitative estimate of drug-likeness (QED) is 0.283. The van der Waals surface area contributed by atoms with E-state index in [-0.39, 0.29) is 10.8 Å². The number of carboxylic acid groups (broad SMARTS) is 1. The maximum absolute atomic E-state index is 11.2. The van der Waals surface area contributed by atoms with Gasteiger partial charge in [0.25, 0.3) is 0 Å². The molecular formula is C32H44O2. The Hall–Kier alpha value is -2.35. The number of hydrogen-bond donors (Lipinski definition) is 1. The van der Waals surface area contributed by atoms with Crippen molar-refractivity contribution in [3.63, 3.8) is 0 Å².